The number of halogens is 1. The summed E-state index contributed by atoms with van der Waals surface area (Å²) in [5.74, 6) is -0.0359. The quantitative estimate of drug-likeness (QED) is 0.406. The molecule has 8 heteroatoms. The van der Waals surface area contributed by atoms with Crippen molar-refractivity contribution < 1.29 is 24.2 Å². The number of piperidine rings is 3. The van der Waals surface area contributed by atoms with Crippen LogP contribution in [0.2, 0.25) is 5.02 Å². The van der Waals surface area contributed by atoms with Gasteiger partial charge in [-0.2, -0.15) is 0 Å². The van der Waals surface area contributed by atoms with E-state index in [1.165, 1.54) is 12.1 Å². The molecule has 3 aliphatic rings. The highest BCUT2D eigenvalue weighted by molar-refractivity contribution is 6.31. The lowest BCUT2D eigenvalue weighted by Crippen LogP contribution is -2.52. The van der Waals surface area contributed by atoms with Gasteiger partial charge in [-0.15, -0.1) is 0 Å². The zero-order valence-corrected chi connectivity index (χ0v) is 21.1. The Morgan fingerprint density at radius 2 is 1.76 bits per heavy atom. The molecule has 3 aliphatic heterocycles. The van der Waals surface area contributed by atoms with Crippen LogP contribution in [0.1, 0.15) is 45.9 Å². The van der Waals surface area contributed by atoms with Gasteiger partial charge in [0.25, 0.3) is 0 Å². The molecule has 6 rings (SSSR count). The minimum atomic E-state index is -1.05. The minimum Gasteiger partial charge on any atom is -0.489 e. The van der Waals surface area contributed by atoms with E-state index in [-0.39, 0.29) is 18.3 Å². The number of aromatic carboxylic acids is 1. The van der Waals surface area contributed by atoms with Gasteiger partial charge >= 0.3 is 12.1 Å². The zero-order chi connectivity index (χ0) is 25.8. The number of carbonyl (C=O) groups excluding carboxylic acids is 1. The van der Waals surface area contributed by atoms with Gasteiger partial charge in [-0.05, 0) is 78.9 Å². The molecule has 0 aliphatic carbocycles. The molecule has 1 unspecified atom stereocenters. The fourth-order valence-electron chi connectivity index (χ4n) is 5.15. The number of carbonyl (C=O) groups is 2. The summed E-state index contributed by atoms with van der Waals surface area (Å²) in [4.78, 5) is 26.7. The van der Waals surface area contributed by atoms with Gasteiger partial charge in [-0.1, -0.05) is 54.1 Å². The first-order valence-electron chi connectivity index (χ1n) is 12.4. The number of carboxylic acid groups (broad SMARTS) is 1. The minimum absolute atomic E-state index is 0.0815. The lowest BCUT2D eigenvalue weighted by Gasteiger charge is -2.43. The second-order valence-electron chi connectivity index (χ2n) is 9.58. The predicted octanol–water partition coefficient (Wildman–Crippen LogP) is 5.53. The van der Waals surface area contributed by atoms with E-state index < -0.39 is 18.1 Å². The standard InChI is InChI=1S/C29H29ClN2O5/c30-24-14-19(13-23(15-24)28(33)34)18-36-25-8-4-7-22(16-25)27(21-5-2-1-3-6-21)31-29(35)37-26-17-32-11-9-20(26)10-12-32/h1-8,13-16,20,26-27H,9-12,17-18H2,(H,31,35)(H,33,34)/t26?,27-/m0/s1. The third-order valence-corrected chi connectivity index (χ3v) is 7.27. The topological polar surface area (TPSA) is 88.1 Å². The van der Waals surface area contributed by atoms with E-state index in [0.717, 1.165) is 43.6 Å². The molecule has 7 nitrogen and oxygen atoms in total. The first-order chi connectivity index (χ1) is 17.9. The van der Waals surface area contributed by atoms with Gasteiger partial charge < -0.3 is 19.9 Å². The fourth-order valence-corrected chi connectivity index (χ4v) is 5.40. The van der Waals surface area contributed by atoms with Crippen molar-refractivity contribution in [3.05, 3.63) is 100 Å². The summed E-state index contributed by atoms with van der Waals surface area (Å²) in [6.45, 7) is 3.11. The second kappa shape index (κ2) is 11.2. The van der Waals surface area contributed by atoms with E-state index in [9.17, 15) is 14.7 Å². The molecule has 1 amide bonds. The first-order valence-corrected chi connectivity index (χ1v) is 12.8. The molecule has 3 fully saturated rings. The summed E-state index contributed by atoms with van der Waals surface area (Å²) in [7, 11) is 0. The molecular weight excluding hydrogens is 492 g/mol. The normalized spacial score (nSPS) is 21.2. The van der Waals surface area contributed by atoms with Crippen LogP contribution in [0.25, 0.3) is 0 Å². The largest absolute Gasteiger partial charge is 0.489 e. The van der Waals surface area contributed by atoms with Crippen molar-refractivity contribution in [1.82, 2.24) is 10.2 Å². The maximum atomic E-state index is 13.0. The van der Waals surface area contributed by atoms with Gasteiger partial charge in [-0.25, -0.2) is 9.59 Å². The Bertz CT molecular complexity index is 1260. The molecule has 3 saturated heterocycles. The molecule has 2 bridgehead atoms. The zero-order valence-electron chi connectivity index (χ0n) is 20.3. The van der Waals surface area contributed by atoms with Crippen LogP contribution in [-0.2, 0) is 11.3 Å². The van der Waals surface area contributed by atoms with Gasteiger partial charge in [0, 0.05) is 11.6 Å². The number of nitrogens with zero attached hydrogens (tertiary/aromatic N) is 1. The van der Waals surface area contributed by atoms with E-state index in [4.69, 9.17) is 21.1 Å². The molecule has 2 N–H and O–H groups in total. The van der Waals surface area contributed by atoms with Crippen LogP contribution in [0.4, 0.5) is 4.79 Å². The smallest absolute Gasteiger partial charge is 0.408 e. The third-order valence-electron chi connectivity index (χ3n) is 7.05. The molecular formula is C29H29ClN2O5. The summed E-state index contributed by atoms with van der Waals surface area (Å²) in [6, 6.07) is 21.4. The molecule has 0 aromatic heterocycles. The fraction of sp³-hybridized carbons (Fsp3) is 0.310. The number of fused-ring (bicyclic) bond motifs is 3. The number of benzene rings is 3. The lowest BCUT2D eigenvalue weighted by molar-refractivity contribution is -0.0336. The average Bonchev–Trinajstić information content (AvgIpc) is 2.91. The van der Waals surface area contributed by atoms with Crippen molar-refractivity contribution in [3.63, 3.8) is 0 Å². The molecule has 3 aromatic rings. The Morgan fingerprint density at radius 1 is 1.00 bits per heavy atom. The van der Waals surface area contributed by atoms with Crippen LogP contribution in [0, 0.1) is 5.92 Å². The number of alkyl carbamates (subject to hydrolysis) is 1. The summed E-state index contributed by atoms with van der Waals surface area (Å²) < 4.78 is 11.9. The second-order valence-corrected chi connectivity index (χ2v) is 10.0. The summed E-state index contributed by atoms with van der Waals surface area (Å²) in [5, 5.41) is 12.7. The monoisotopic (exact) mass is 520 g/mol. The van der Waals surface area contributed by atoms with Crippen molar-refractivity contribution >= 4 is 23.7 Å². The van der Waals surface area contributed by atoms with Crippen molar-refractivity contribution in [2.75, 3.05) is 19.6 Å². The van der Waals surface area contributed by atoms with Gasteiger partial charge in [-0.3, -0.25) is 4.90 Å². The highest BCUT2D eigenvalue weighted by atomic mass is 35.5. The molecule has 192 valence electrons. The average molecular weight is 521 g/mol. The molecule has 0 saturated carbocycles. The van der Waals surface area contributed by atoms with Crippen molar-refractivity contribution in [2.45, 2.75) is 31.6 Å². The Labute approximate surface area is 221 Å². The Hall–Kier alpha value is -3.55. The van der Waals surface area contributed by atoms with Gasteiger partial charge in [0.2, 0.25) is 0 Å². The maximum absolute atomic E-state index is 13.0. The maximum Gasteiger partial charge on any atom is 0.408 e. The third kappa shape index (κ3) is 6.24. The van der Waals surface area contributed by atoms with Crippen LogP contribution in [0.3, 0.4) is 0 Å². The molecule has 3 heterocycles. The lowest BCUT2D eigenvalue weighted by atomic mass is 9.86. The highest BCUT2D eigenvalue weighted by Crippen LogP contribution is 2.31. The van der Waals surface area contributed by atoms with E-state index in [0.29, 0.717) is 22.3 Å². The van der Waals surface area contributed by atoms with E-state index >= 15 is 0 Å². The molecule has 0 spiro atoms. The number of hydrogen-bond donors (Lipinski definition) is 2. The number of nitrogens with one attached hydrogen (secondary N) is 1. The number of amides is 1. The van der Waals surface area contributed by atoms with Crippen LogP contribution in [-0.4, -0.2) is 47.8 Å². The summed E-state index contributed by atoms with van der Waals surface area (Å²) in [6.07, 6.45) is 1.63. The highest BCUT2D eigenvalue weighted by Gasteiger charge is 2.36. The summed E-state index contributed by atoms with van der Waals surface area (Å²) in [5.41, 5.74) is 2.52. The number of carboxylic acids is 1. The van der Waals surface area contributed by atoms with Crippen LogP contribution >= 0.6 is 11.6 Å². The first kappa shape index (κ1) is 25.1. The van der Waals surface area contributed by atoms with Crippen molar-refractivity contribution in [1.29, 1.82) is 0 Å². The van der Waals surface area contributed by atoms with Gasteiger partial charge in [0.15, 0.2) is 0 Å². The number of hydrogen-bond acceptors (Lipinski definition) is 5. The van der Waals surface area contributed by atoms with Crippen molar-refractivity contribution in [3.8, 4) is 5.75 Å². The Balaban J connectivity index is 1.31. The molecule has 37 heavy (non-hydrogen) atoms. The van der Waals surface area contributed by atoms with Crippen molar-refractivity contribution in [2.24, 2.45) is 5.92 Å². The van der Waals surface area contributed by atoms with Crippen LogP contribution in [0.5, 0.6) is 5.75 Å². The SMILES string of the molecule is O=C(N[C@@H](c1ccccc1)c1cccc(OCc2cc(Cl)cc(C(=O)O)c2)c1)OC1CN2CCC1CC2. The molecule has 2 atom stereocenters. The van der Waals surface area contributed by atoms with Crippen LogP contribution < -0.4 is 10.1 Å². The van der Waals surface area contributed by atoms with Crippen LogP contribution in [0.15, 0.2) is 72.8 Å². The van der Waals surface area contributed by atoms with E-state index in [2.05, 4.69) is 10.2 Å². The van der Waals surface area contributed by atoms with E-state index in [1.54, 1.807) is 6.07 Å². The number of ether oxygens (including phenoxy) is 2. The van der Waals surface area contributed by atoms with Gasteiger partial charge in [0.1, 0.15) is 18.5 Å². The number of rotatable bonds is 8. The Morgan fingerprint density at radius 3 is 2.46 bits per heavy atom. The Kier molecular flexibility index (Phi) is 7.63. The summed E-state index contributed by atoms with van der Waals surface area (Å²) >= 11 is 6.08. The molecule has 3 aromatic carbocycles. The van der Waals surface area contributed by atoms with Gasteiger partial charge in [0.05, 0.1) is 11.6 Å². The predicted molar refractivity (Wildman–Crippen MR) is 140 cm³/mol. The van der Waals surface area contributed by atoms with E-state index in [1.807, 2.05) is 54.6 Å². The molecule has 0 radical (unpaired) electrons.